The van der Waals surface area contributed by atoms with Gasteiger partial charge in [-0.25, -0.2) is 4.79 Å². The lowest BCUT2D eigenvalue weighted by molar-refractivity contribution is -0.148. The van der Waals surface area contributed by atoms with Crippen LogP contribution in [0.2, 0.25) is 0 Å². The van der Waals surface area contributed by atoms with Crippen LogP contribution in [-0.4, -0.2) is 39.6 Å². The van der Waals surface area contributed by atoms with E-state index in [1.807, 2.05) is 0 Å². The van der Waals surface area contributed by atoms with E-state index in [2.05, 4.69) is 5.16 Å². The minimum absolute atomic E-state index is 0.124. The van der Waals surface area contributed by atoms with Crippen LogP contribution < -0.4 is 0 Å². The van der Waals surface area contributed by atoms with Crippen molar-refractivity contribution in [2.24, 2.45) is 0 Å². The number of aromatic nitrogens is 1. The fraction of sp³-hybridized carbons (Fsp3) is 0.583. The van der Waals surface area contributed by atoms with Gasteiger partial charge in [-0.1, -0.05) is 5.16 Å². The summed E-state index contributed by atoms with van der Waals surface area (Å²) in [6.07, 6.45) is 2.06. The number of rotatable bonds is 4. The van der Waals surface area contributed by atoms with Crippen molar-refractivity contribution >= 4 is 11.9 Å². The van der Waals surface area contributed by atoms with E-state index in [4.69, 9.17) is 9.63 Å². The molecule has 1 amide bonds. The minimum atomic E-state index is -0.918. The van der Waals surface area contributed by atoms with Crippen molar-refractivity contribution in [1.82, 2.24) is 10.1 Å². The van der Waals surface area contributed by atoms with E-state index in [0.29, 0.717) is 25.1 Å². The summed E-state index contributed by atoms with van der Waals surface area (Å²) in [5.74, 6) is -0.333. The van der Waals surface area contributed by atoms with E-state index >= 15 is 0 Å². The number of hydrogen-bond donors (Lipinski definition) is 1. The lowest BCUT2D eigenvalue weighted by atomic mass is 10.2. The van der Waals surface area contributed by atoms with Gasteiger partial charge < -0.3 is 14.5 Å². The van der Waals surface area contributed by atoms with Crippen LogP contribution in [-0.2, 0) is 16.0 Å². The monoisotopic (exact) mass is 252 g/mol. The van der Waals surface area contributed by atoms with Gasteiger partial charge in [0.05, 0.1) is 5.69 Å². The number of carbonyl (C=O) groups is 2. The molecule has 0 spiro atoms. The molecule has 2 rings (SSSR count). The molecule has 1 saturated heterocycles. The summed E-state index contributed by atoms with van der Waals surface area (Å²) in [5.41, 5.74) is 0.729. The third-order valence-corrected chi connectivity index (χ3v) is 3.13. The number of carbonyl (C=O) groups excluding carboxylic acids is 1. The summed E-state index contributed by atoms with van der Waals surface area (Å²) in [5, 5.41) is 12.8. The van der Waals surface area contributed by atoms with Crippen LogP contribution in [0.3, 0.4) is 0 Å². The number of amides is 1. The van der Waals surface area contributed by atoms with Gasteiger partial charge in [0.2, 0.25) is 5.91 Å². The molecule has 1 aromatic rings. The van der Waals surface area contributed by atoms with E-state index < -0.39 is 12.0 Å². The first-order valence-electron chi connectivity index (χ1n) is 6.02. The van der Waals surface area contributed by atoms with Gasteiger partial charge in [-0.15, -0.1) is 0 Å². The predicted octanol–water partition coefficient (Wildman–Crippen LogP) is 0.991. The van der Waals surface area contributed by atoms with Crippen molar-refractivity contribution in [3.05, 3.63) is 17.5 Å². The largest absolute Gasteiger partial charge is 0.480 e. The second-order valence-corrected chi connectivity index (χ2v) is 4.51. The van der Waals surface area contributed by atoms with Crippen molar-refractivity contribution in [2.75, 3.05) is 6.54 Å². The average molecular weight is 252 g/mol. The Kier molecular flexibility index (Phi) is 3.64. The van der Waals surface area contributed by atoms with Gasteiger partial charge in [-0.3, -0.25) is 4.79 Å². The van der Waals surface area contributed by atoms with Gasteiger partial charge in [-0.2, -0.15) is 0 Å². The highest BCUT2D eigenvalue weighted by Crippen LogP contribution is 2.19. The fourth-order valence-corrected chi connectivity index (χ4v) is 2.24. The van der Waals surface area contributed by atoms with Crippen LogP contribution in [0, 0.1) is 6.92 Å². The normalized spacial score (nSPS) is 19.2. The molecule has 1 aliphatic heterocycles. The third-order valence-electron chi connectivity index (χ3n) is 3.13. The van der Waals surface area contributed by atoms with Crippen LogP contribution in [0.1, 0.15) is 30.7 Å². The van der Waals surface area contributed by atoms with Gasteiger partial charge >= 0.3 is 5.97 Å². The highest BCUT2D eigenvalue weighted by molar-refractivity contribution is 5.84. The molecule has 0 aromatic carbocycles. The standard InChI is InChI=1S/C12H16N2O4/c1-8-7-9(13-18-8)4-5-11(15)14-6-2-3-10(14)12(16)17/h7,10H,2-6H2,1H3,(H,16,17)/t10-/m0/s1. The average Bonchev–Trinajstić information content (AvgIpc) is 2.94. The van der Waals surface area contributed by atoms with E-state index in [0.717, 1.165) is 12.1 Å². The van der Waals surface area contributed by atoms with Gasteiger partial charge in [0.25, 0.3) is 0 Å². The Morgan fingerprint density at radius 3 is 3.00 bits per heavy atom. The SMILES string of the molecule is Cc1cc(CCC(=O)N2CCC[C@H]2C(=O)O)no1. The zero-order valence-corrected chi connectivity index (χ0v) is 10.3. The maximum absolute atomic E-state index is 11.9. The van der Waals surface area contributed by atoms with E-state index in [1.165, 1.54) is 4.90 Å². The smallest absolute Gasteiger partial charge is 0.326 e. The van der Waals surface area contributed by atoms with Crippen LogP contribution in [0.15, 0.2) is 10.6 Å². The fourth-order valence-electron chi connectivity index (χ4n) is 2.24. The Morgan fingerprint density at radius 2 is 2.39 bits per heavy atom. The van der Waals surface area contributed by atoms with Gasteiger partial charge in [-0.05, 0) is 19.8 Å². The zero-order valence-electron chi connectivity index (χ0n) is 10.3. The number of hydrogen-bond acceptors (Lipinski definition) is 4. The van der Waals surface area contributed by atoms with Crippen LogP contribution in [0.4, 0.5) is 0 Å². The number of aryl methyl sites for hydroxylation is 2. The van der Waals surface area contributed by atoms with Crippen LogP contribution in [0.5, 0.6) is 0 Å². The van der Waals surface area contributed by atoms with Crippen molar-refractivity contribution in [3.63, 3.8) is 0 Å². The Morgan fingerprint density at radius 1 is 1.61 bits per heavy atom. The number of likely N-dealkylation sites (tertiary alicyclic amines) is 1. The van der Waals surface area contributed by atoms with Gasteiger partial charge in [0.15, 0.2) is 0 Å². The topological polar surface area (TPSA) is 83.6 Å². The van der Waals surface area contributed by atoms with Crippen molar-refractivity contribution in [2.45, 2.75) is 38.6 Å². The minimum Gasteiger partial charge on any atom is -0.480 e. The van der Waals surface area contributed by atoms with Gasteiger partial charge in [0, 0.05) is 25.5 Å². The molecule has 1 N–H and O–H groups in total. The van der Waals surface area contributed by atoms with E-state index in [-0.39, 0.29) is 12.3 Å². The molecule has 2 heterocycles. The molecule has 18 heavy (non-hydrogen) atoms. The molecule has 1 atom stereocenters. The van der Waals surface area contributed by atoms with Crippen molar-refractivity contribution in [3.8, 4) is 0 Å². The Hall–Kier alpha value is -1.85. The summed E-state index contributed by atoms with van der Waals surface area (Å²) < 4.78 is 4.91. The molecule has 1 aliphatic rings. The van der Waals surface area contributed by atoms with E-state index in [1.54, 1.807) is 13.0 Å². The lowest BCUT2D eigenvalue weighted by Crippen LogP contribution is -2.40. The highest BCUT2D eigenvalue weighted by Gasteiger charge is 2.33. The molecule has 0 saturated carbocycles. The molecular formula is C12H16N2O4. The first-order valence-corrected chi connectivity index (χ1v) is 6.02. The maximum atomic E-state index is 11.9. The molecular weight excluding hydrogens is 236 g/mol. The third kappa shape index (κ3) is 2.69. The molecule has 98 valence electrons. The van der Waals surface area contributed by atoms with Crippen LogP contribution >= 0.6 is 0 Å². The summed E-state index contributed by atoms with van der Waals surface area (Å²) in [6, 6.07) is 1.13. The molecule has 6 heteroatoms. The van der Waals surface area contributed by atoms with Crippen molar-refractivity contribution in [1.29, 1.82) is 0 Å². The lowest BCUT2D eigenvalue weighted by Gasteiger charge is -2.21. The molecule has 1 fully saturated rings. The van der Waals surface area contributed by atoms with E-state index in [9.17, 15) is 9.59 Å². The molecule has 6 nitrogen and oxygen atoms in total. The molecule has 0 bridgehead atoms. The Bertz CT molecular complexity index is 455. The second-order valence-electron chi connectivity index (χ2n) is 4.51. The quantitative estimate of drug-likeness (QED) is 0.864. The highest BCUT2D eigenvalue weighted by atomic mass is 16.5. The number of carboxylic acids is 1. The summed E-state index contributed by atoms with van der Waals surface area (Å²) >= 11 is 0. The number of aliphatic carboxylic acids is 1. The first kappa shape index (κ1) is 12.6. The Balaban J connectivity index is 1.89. The summed E-state index contributed by atoms with van der Waals surface area (Å²) in [6.45, 7) is 2.33. The van der Waals surface area contributed by atoms with Crippen LogP contribution in [0.25, 0.3) is 0 Å². The predicted molar refractivity (Wildman–Crippen MR) is 61.9 cm³/mol. The molecule has 0 radical (unpaired) electrons. The zero-order chi connectivity index (χ0) is 13.1. The Labute approximate surface area is 105 Å². The summed E-state index contributed by atoms with van der Waals surface area (Å²) in [7, 11) is 0. The first-order chi connectivity index (χ1) is 8.58. The number of carboxylic acid groups (broad SMARTS) is 1. The maximum Gasteiger partial charge on any atom is 0.326 e. The second kappa shape index (κ2) is 5.20. The number of nitrogens with zero attached hydrogens (tertiary/aromatic N) is 2. The molecule has 1 aromatic heterocycles. The van der Waals surface area contributed by atoms with Crippen molar-refractivity contribution < 1.29 is 19.2 Å². The molecule has 0 aliphatic carbocycles. The van der Waals surface area contributed by atoms with Gasteiger partial charge in [0.1, 0.15) is 11.8 Å². The summed E-state index contributed by atoms with van der Waals surface area (Å²) in [4.78, 5) is 24.4. The molecule has 0 unspecified atom stereocenters.